The first-order chi connectivity index (χ1) is 21.6. The normalized spacial score (nSPS) is 12.9. The van der Waals surface area contributed by atoms with E-state index in [0.717, 1.165) is 5.69 Å². The van der Waals surface area contributed by atoms with Crippen molar-refractivity contribution < 1.29 is 57.7 Å². The SMILES string of the molecule is CC(C)(C)OC(=O)N[C@@H](Cc1ccc(N(CCCl)CCCl)cc1)C(=O)NCC(=O)NCC(=O)NCCCC(O)(P(=O)(O)O)P(=O)(O)O. The number of halogens is 2. The van der Waals surface area contributed by atoms with E-state index in [-0.39, 0.29) is 13.0 Å². The lowest BCUT2D eigenvalue weighted by Crippen LogP contribution is -2.51. The predicted molar refractivity (Wildman–Crippen MR) is 174 cm³/mol. The minimum Gasteiger partial charge on any atom is -0.444 e. The van der Waals surface area contributed by atoms with Crippen LogP contribution >= 0.6 is 38.4 Å². The van der Waals surface area contributed by atoms with Gasteiger partial charge in [-0.15, -0.1) is 23.2 Å². The number of rotatable bonds is 19. The smallest absolute Gasteiger partial charge is 0.408 e. The van der Waals surface area contributed by atoms with Crippen LogP contribution in [-0.4, -0.2) is 110 Å². The monoisotopic (exact) mass is 749 g/mol. The van der Waals surface area contributed by atoms with Gasteiger partial charge in [-0.1, -0.05) is 12.1 Å². The molecule has 0 radical (unpaired) electrons. The molecule has 47 heavy (non-hydrogen) atoms. The van der Waals surface area contributed by atoms with Crippen molar-refractivity contribution in [3.63, 3.8) is 0 Å². The van der Waals surface area contributed by atoms with E-state index >= 15 is 0 Å². The quantitative estimate of drug-likeness (QED) is 0.0532. The zero-order chi connectivity index (χ0) is 36.1. The molecule has 0 saturated carbocycles. The zero-order valence-corrected chi connectivity index (χ0v) is 29.4. The Kier molecular flexibility index (Phi) is 17.1. The summed E-state index contributed by atoms with van der Waals surface area (Å²) in [5.74, 6) is -1.47. The molecule has 1 aromatic rings. The van der Waals surface area contributed by atoms with Crippen LogP contribution in [0.5, 0.6) is 0 Å². The molecule has 0 aliphatic carbocycles. The summed E-state index contributed by atoms with van der Waals surface area (Å²) >= 11 is 11.8. The van der Waals surface area contributed by atoms with Gasteiger partial charge in [0.05, 0.1) is 13.1 Å². The van der Waals surface area contributed by atoms with Gasteiger partial charge >= 0.3 is 21.3 Å². The minimum atomic E-state index is -5.62. The number of ether oxygens (including phenoxy) is 1. The highest BCUT2D eigenvalue weighted by Crippen LogP contribution is 2.69. The van der Waals surface area contributed by atoms with E-state index in [0.29, 0.717) is 30.4 Å². The Morgan fingerprint density at radius 1 is 0.872 bits per heavy atom. The Morgan fingerprint density at radius 3 is 1.87 bits per heavy atom. The number of aliphatic hydroxyl groups is 1. The van der Waals surface area contributed by atoms with Gasteiger partial charge in [0.1, 0.15) is 11.6 Å². The molecule has 268 valence electrons. The van der Waals surface area contributed by atoms with E-state index in [4.69, 9.17) is 47.5 Å². The second-order valence-corrected chi connectivity index (χ2v) is 16.0. The number of anilines is 1. The summed E-state index contributed by atoms with van der Waals surface area (Å²) in [6.07, 6.45) is -2.26. The van der Waals surface area contributed by atoms with Crippen molar-refractivity contribution in [3.8, 4) is 0 Å². The maximum atomic E-state index is 13.0. The molecule has 0 saturated heterocycles. The van der Waals surface area contributed by atoms with E-state index in [2.05, 4.69) is 21.3 Å². The van der Waals surface area contributed by atoms with Crippen molar-refractivity contribution >= 4 is 67.9 Å². The number of hydrogen-bond donors (Lipinski definition) is 9. The van der Waals surface area contributed by atoms with E-state index in [9.17, 15) is 33.4 Å². The van der Waals surface area contributed by atoms with Gasteiger partial charge in [0, 0.05) is 49.9 Å². The highest BCUT2D eigenvalue weighted by Gasteiger charge is 2.58. The molecule has 0 fully saturated rings. The lowest BCUT2D eigenvalue weighted by Gasteiger charge is -2.29. The van der Waals surface area contributed by atoms with Crippen LogP contribution in [0.3, 0.4) is 0 Å². The summed E-state index contributed by atoms with van der Waals surface area (Å²) in [5.41, 5.74) is 0.700. The van der Waals surface area contributed by atoms with Gasteiger partial charge in [0.15, 0.2) is 0 Å². The van der Waals surface area contributed by atoms with Crippen molar-refractivity contribution in [2.75, 3.05) is 49.4 Å². The van der Waals surface area contributed by atoms with Gasteiger partial charge in [-0.3, -0.25) is 23.5 Å². The van der Waals surface area contributed by atoms with Crippen LogP contribution in [0.2, 0.25) is 0 Å². The fraction of sp³-hybridized carbons (Fsp3) is 0.615. The summed E-state index contributed by atoms with van der Waals surface area (Å²) in [6, 6.07) is 6.04. The van der Waals surface area contributed by atoms with Crippen LogP contribution in [0.4, 0.5) is 10.5 Å². The molecule has 17 nitrogen and oxygen atoms in total. The molecule has 0 aliphatic heterocycles. The Morgan fingerprint density at radius 2 is 1.38 bits per heavy atom. The second-order valence-electron chi connectivity index (χ2n) is 11.2. The highest BCUT2D eigenvalue weighted by atomic mass is 35.5. The maximum Gasteiger partial charge on any atom is 0.408 e. The first-order valence-electron chi connectivity index (χ1n) is 14.2. The number of benzene rings is 1. The lowest BCUT2D eigenvalue weighted by molar-refractivity contribution is -0.128. The molecule has 1 rings (SSSR count). The fourth-order valence-corrected chi connectivity index (χ4v) is 6.58. The molecule has 0 unspecified atom stereocenters. The van der Waals surface area contributed by atoms with Crippen LogP contribution < -0.4 is 26.2 Å². The summed E-state index contributed by atoms with van der Waals surface area (Å²) in [6.45, 7) is 4.62. The highest BCUT2D eigenvalue weighted by molar-refractivity contribution is 7.72. The third-order valence-corrected chi connectivity index (χ3v) is 10.5. The number of carbonyl (C=O) groups is 4. The van der Waals surface area contributed by atoms with Crippen LogP contribution in [0.15, 0.2) is 24.3 Å². The van der Waals surface area contributed by atoms with Crippen LogP contribution in [-0.2, 0) is 34.7 Å². The number of alkyl carbamates (subject to hydrolysis) is 1. The Bertz CT molecular complexity index is 1280. The van der Waals surface area contributed by atoms with Gasteiger partial charge < -0.3 is 55.6 Å². The van der Waals surface area contributed by atoms with Gasteiger partial charge in [-0.2, -0.15) is 0 Å². The second kappa shape index (κ2) is 18.9. The topological polar surface area (TPSA) is 264 Å². The molecule has 0 bridgehead atoms. The summed E-state index contributed by atoms with van der Waals surface area (Å²) in [7, 11) is -11.2. The Balaban J connectivity index is 2.74. The average Bonchev–Trinajstić information content (AvgIpc) is 2.94. The maximum absolute atomic E-state index is 13.0. The van der Waals surface area contributed by atoms with Crippen molar-refractivity contribution in [2.24, 2.45) is 0 Å². The average molecular weight is 751 g/mol. The number of amides is 4. The van der Waals surface area contributed by atoms with Gasteiger partial charge in [-0.25, -0.2) is 4.79 Å². The molecule has 4 amide bonds. The predicted octanol–water partition coefficient (Wildman–Crippen LogP) is 0.537. The van der Waals surface area contributed by atoms with Crippen molar-refractivity contribution in [1.82, 2.24) is 21.3 Å². The van der Waals surface area contributed by atoms with E-state index in [1.165, 1.54) is 0 Å². The molecule has 0 heterocycles. The van der Waals surface area contributed by atoms with Crippen molar-refractivity contribution in [3.05, 3.63) is 29.8 Å². The minimum absolute atomic E-state index is 0.0412. The number of alkyl halides is 2. The molecule has 0 aromatic heterocycles. The number of carbonyl (C=O) groups excluding carboxylic acids is 4. The molecule has 21 heteroatoms. The Labute approximate surface area is 282 Å². The molecular formula is C26H43Cl2N5O12P2. The van der Waals surface area contributed by atoms with Gasteiger partial charge in [0.25, 0.3) is 5.08 Å². The first-order valence-corrected chi connectivity index (χ1v) is 18.5. The molecular weight excluding hydrogens is 707 g/mol. The van der Waals surface area contributed by atoms with Crippen LogP contribution in [0, 0.1) is 0 Å². The van der Waals surface area contributed by atoms with Gasteiger partial charge in [-0.05, 0) is 44.9 Å². The van der Waals surface area contributed by atoms with Crippen molar-refractivity contribution in [2.45, 2.75) is 56.8 Å². The van der Waals surface area contributed by atoms with E-state index in [1.54, 1.807) is 32.9 Å². The molecule has 9 N–H and O–H groups in total. The van der Waals surface area contributed by atoms with Crippen molar-refractivity contribution in [1.29, 1.82) is 0 Å². The first kappa shape index (κ1) is 42.6. The summed E-state index contributed by atoms with van der Waals surface area (Å²) in [5, 5.41) is 15.6. The number of hydrogen-bond acceptors (Lipinski definition) is 9. The standard InChI is InChI=1S/C26H43Cl2N5O12P2/c1-25(2,3)45-24(37)32-20(15-18-5-7-19(8-6-18)33(13-10-27)14-11-28)23(36)31-17-22(35)30-16-21(34)29-12-4-9-26(38,46(39,40)41)47(42,43)44/h5-8,20,38H,4,9-17H2,1-3H3,(H,29,34)(H,30,35)(H,31,36)(H,32,37)(H2,39,40,41)(H2,42,43,44)/t20-/m0/s1. The number of nitrogens with zero attached hydrogens (tertiary/aromatic N) is 1. The third kappa shape index (κ3) is 15.1. The molecule has 0 spiro atoms. The lowest BCUT2D eigenvalue weighted by atomic mass is 10.0. The van der Waals surface area contributed by atoms with Crippen LogP contribution in [0.1, 0.15) is 39.2 Å². The van der Waals surface area contributed by atoms with E-state index < -0.39 is 81.7 Å². The van der Waals surface area contributed by atoms with E-state index in [1.807, 2.05) is 17.0 Å². The zero-order valence-electron chi connectivity index (χ0n) is 26.1. The third-order valence-electron chi connectivity index (χ3n) is 6.27. The van der Waals surface area contributed by atoms with Crippen LogP contribution in [0.25, 0.3) is 0 Å². The largest absolute Gasteiger partial charge is 0.444 e. The summed E-state index contributed by atoms with van der Waals surface area (Å²) < 4.78 is 28.0. The van der Waals surface area contributed by atoms with Gasteiger partial charge in [0.2, 0.25) is 17.7 Å². The molecule has 1 atom stereocenters. The molecule has 1 aromatic carbocycles. The molecule has 0 aliphatic rings. The number of nitrogens with one attached hydrogen (secondary N) is 4. The summed E-state index contributed by atoms with van der Waals surface area (Å²) in [4.78, 5) is 88.4. The fourth-order valence-electron chi connectivity index (χ4n) is 3.92. The Hall–Kier alpha value is -2.46.